The number of rotatable bonds is 4. The lowest BCUT2D eigenvalue weighted by molar-refractivity contribution is 0.851. The summed E-state index contributed by atoms with van der Waals surface area (Å²) in [6.07, 6.45) is 2.44. The van der Waals surface area contributed by atoms with Gasteiger partial charge in [0.25, 0.3) is 0 Å². The van der Waals surface area contributed by atoms with E-state index >= 15 is 0 Å². The Morgan fingerprint density at radius 3 is 2.33 bits per heavy atom. The summed E-state index contributed by atoms with van der Waals surface area (Å²) < 4.78 is 0. The van der Waals surface area contributed by atoms with Gasteiger partial charge in [-0.1, -0.05) is 33.0 Å². The molecule has 0 bridgehead atoms. The Morgan fingerprint density at radius 2 is 2.00 bits per heavy atom. The first-order chi connectivity index (χ1) is 4.16. The van der Waals surface area contributed by atoms with Crippen LogP contribution in [0.5, 0.6) is 0 Å². The van der Waals surface area contributed by atoms with Crippen LogP contribution in [0.2, 0.25) is 5.82 Å². The van der Waals surface area contributed by atoms with Crippen LogP contribution in [0.1, 0.15) is 33.6 Å². The zero-order chi connectivity index (χ0) is 7.28. The molecule has 2 heteroatoms. The molecule has 0 aliphatic rings. The van der Waals surface area contributed by atoms with Gasteiger partial charge < -0.3 is 0 Å². The normalized spacial score (nSPS) is 13.9. The van der Waals surface area contributed by atoms with Gasteiger partial charge in [-0.15, -0.1) is 0 Å². The summed E-state index contributed by atoms with van der Waals surface area (Å²) in [5, 5.41) is 0.509. The van der Waals surface area contributed by atoms with E-state index in [1.807, 2.05) is 0 Å². The molecule has 0 N–H and O–H groups in total. The summed E-state index contributed by atoms with van der Waals surface area (Å²) in [7, 11) is 2.28. The second-order valence-electron chi connectivity index (χ2n) is 2.79. The van der Waals surface area contributed by atoms with E-state index < -0.39 is 0 Å². The molecule has 0 aromatic carbocycles. The van der Waals surface area contributed by atoms with E-state index in [1.54, 1.807) is 0 Å². The fourth-order valence-electron chi connectivity index (χ4n) is 0.836. The summed E-state index contributed by atoms with van der Waals surface area (Å²) >= 11 is 4.39. The van der Waals surface area contributed by atoms with Gasteiger partial charge in [-0.05, 0) is 11.6 Å². The summed E-state index contributed by atoms with van der Waals surface area (Å²) in [5.41, 5.74) is 0. The van der Waals surface area contributed by atoms with E-state index in [-0.39, 0.29) is 0 Å². The van der Waals surface area contributed by atoms with E-state index in [0.717, 1.165) is 0 Å². The molecule has 1 atom stereocenters. The lowest BCUT2D eigenvalue weighted by Gasteiger charge is -2.08. The minimum absolute atomic E-state index is 0.509. The van der Waals surface area contributed by atoms with Crippen molar-refractivity contribution in [2.24, 2.45) is 0 Å². The smallest absolute Gasteiger partial charge is 0.130 e. The van der Waals surface area contributed by atoms with E-state index in [0.29, 0.717) is 11.0 Å². The lowest BCUT2D eigenvalue weighted by atomic mass is 9.62. The van der Waals surface area contributed by atoms with Crippen molar-refractivity contribution in [3.05, 3.63) is 0 Å². The van der Waals surface area contributed by atoms with Crippen molar-refractivity contribution in [2.75, 3.05) is 0 Å². The Morgan fingerprint density at radius 1 is 1.44 bits per heavy atom. The summed E-state index contributed by atoms with van der Waals surface area (Å²) in [6, 6.07) is 0. The van der Waals surface area contributed by atoms with Gasteiger partial charge in [-0.25, -0.2) is 0 Å². The molecule has 0 aliphatic carbocycles. The Balaban J connectivity index is 3.15. The van der Waals surface area contributed by atoms with Gasteiger partial charge in [0.05, 0.1) is 0 Å². The Kier molecular flexibility index (Phi) is 5.46. The van der Waals surface area contributed by atoms with Crippen LogP contribution in [0.25, 0.3) is 0 Å². The minimum atomic E-state index is 0.509. The third kappa shape index (κ3) is 6.30. The largest absolute Gasteiger partial charge is 0.185 e. The second-order valence-corrected chi connectivity index (χ2v) is 3.46. The molecule has 9 heavy (non-hydrogen) atoms. The lowest BCUT2D eigenvalue weighted by Crippen LogP contribution is -2.11. The monoisotopic (exact) mass is 143 g/mol. The minimum Gasteiger partial charge on any atom is -0.185 e. The van der Waals surface area contributed by atoms with Crippen molar-refractivity contribution in [3.8, 4) is 0 Å². The first-order valence-electron chi connectivity index (χ1n) is 3.69. The molecule has 0 aromatic heterocycles. The molecule has 0 saturated carbocycles. The average molecular weight is 143 g/mol. The fraction of sp³-hybridized carbons (Fsp3) is 1.00. The highest BCUT2D eigenvalue weighted by molar-refractivity contribution is 7.82. The highest BCUT2D eigenvalue weighted by atomic mass is 32.1. The molecule has 0 nitrogen and oxygen atoms in total. The zero-order valence-corrected chi connectivity index (χ0v) is 7.49. The summed E-state index contributed by atoms with van der Waals surface area (Å²) in [4.78, 5) is 0. The van der Waals surface area contributed by atoms with Crippen LogP contribution >= 0.6 is 12.6 Å². The maximum Gasteiger partial charge on any atom is 0.130 e. The molecule has 53 valence electrons. The Labute approximate surface area is 65.1 Å². The molecule has 0 unspecified atom stereocenters. The molecule has 0 fully saturated rings. The van der Waals surface area contributed by atoms with Crippen LogP contribution in [0.4, 0.5) is 0 Å². The standard InChI is InChI=1S/C7H16BS/c1-4-5-7(9)8-6(2)3/h6-7,9H,4-5H2,1-3H3/t7-/m0/s1. The molecule has 0 aliphatic heterocycles. The molecule has 0 amide bonds. The van der Waals surface area contributed by atoms with E-state index in [9.17, 15) is 0 Å². The van der Waals surface area contributed by atoms with Crippen LogP contribution in [-0.2, 0) is 0 Å². The Bertz CT molecular complexity index is 63.9. The van der Waals surface area contributed by atoms with Crippen molar-refractivity contribution in [2.45, 2.75) is 44.6 Å². The van der Waals surface area contributed by atoms with Crippen LogP contribution in [0, 0.1) is 0 Å². The predicted molar refractivity (Wildman–Crippen MR) is 48.5 cm³/mol. The van der Waals surface area contributed by atoms with Gasteiger partial charge in [0, 0.05) is 0 Å². The number of thiol groups is 1. The summed E-state index contributed by atoms with van der Waals surface area (Å²) in [5.74, 6) is 0.680. The first kappa shape index (κ1) is 9.41. The Hall–Kier alpha value is 0.415. The summed E-state index contributed by atoms with van der Waals surface area (Å²) in [6.45, 7) is 6.58. The van der Waals surface area contributed by atoms with Crippen LogP contribution in [0.15, 0.2) is 0 Å². The topological polar surface area (TPSA) is 0 Å². The van der Waals surface area contributed by atoms with E-state index in [4.69, 9.17) is 0 Å². The van der Waals surface area contributed by atoms with Crippen molar-refractivity contribution in [1.29, 1.82) is 0 Å². The average Bonchev–Trinajstić information content (AvgIpc) is 1.63. The predicted octanol–water partition coefficient (Wildman–Crippen LogP) is 2.57. The molecule has 0 saturated heterocycles. The van der Waals surface area contributed by atoms with Crippen molar-refractivity contribution in [1.82, 2.24) is 0 Å². The highest BCUT2D eigenvalue weighted by Crippen LogP contribution is 2.09. The molecular formula is C7H16BS. The third-order valence-electron chi connectivity index (χ3n) is 1.19. The van der Waals surface area contributed by atoms with Crippen molar-refractivity contribution >= 4 is 19.9 Å². The van der Waals surface area contributed by atoms with E-state index in [1.165, 1.54) is 12.8 Å². The molecule has 0 rings (SSSR count). The quantitative estimate of drug-likeness (QED) is 0.453. The van der Waals surface area contributed by atoms with Gasteiger partial charge in [-0.2, -0.15) is 12.6 Å². The third-order valence-corrected chi connectivity index (χ3v) is 1.62. The molecular weight excluding hydrogens is 127 g/mol. The second kappa shape index (κ2) is 5.22. The molecule has 0 heterocycles. The van der Waals surface area contributed by atoms with Crippen LogP contribution in [-0.4, -0.2) is 12.4 Å². The maximum absolute atomic E-state index is 4.39. The fourth-order valence-corrected chi connectivity index (χ4v) is 1.44. The maximum atomic E-state index is 4.39. The van der Waals surface area contributed by atoms with Crippen LogP contribution < -0.4 is 0 Å². The van der Waals surface area contributed by atoms with Crippen LogP contribution in [0.3, 0.4) is 0 Å². The molecule has 0 spiro atoms. The van der Waals surface area contributed by atoms with Gasteiger partial charge in [0.1, 0.15) is 7.28 Å². The first-order valence-corrected chi connectivity index (χ1v) is 4.21. The number of hydrogen-bond acceptors (Lipinski definition) is 1. The van der Waals surface area contributed by atoms with Crippen molar-refractivity contribution in [3.63, 3.8) is 0 Å². The number of hydrogen-bond donors (Lipinski definition) is 1. The van der Waals surface area contributed by atoms with Gasteiger partial charge in [-0.3, -0.25) is 0 Å². The van der Waals surface area contributed by atoms with Crippen molar-refractivity contribution < 1.29 is 0 Å². The molecule has 1 radical (unpaired) electrons. The highest BCUT2D eigenvalue weighted by Gasteiger charge is 2.05. The SMILES string of the molecule is CCC[C@H](S)[B]C(C)C. The van der Waals surface area contributed by atoms with E-state index in [2.05, 4.69) is 40.7 Å². The molecule has 0 aromatic rings. The van der Waals surface area contributed by atoms with Gasteiger partial charge >= 0.3 is 0 Å². The van der Waals surface area contributed by atoms with Gasteiger partial charge in [0.2, 0.25) is 0 Å². The van der Waals surface area contributed by atoms with Gasteiger partial charge in [0.15, 0.2) is 0 Å². The zero-order valence-electron chi connectivity index (χ0n) is 6.59.